The van der Waals surface area contributed by atoms with Crippen LogP contribution in [-0.4, -0.2) is 56.0 Å². The quantitative estimate of drug-likeness (QED) is 0.763. The van der Waals surface area contributed by atoms with Gasteiger partial charge in [0.05, 0.1) is 6.54 Å². The summed E-state index contributed by atoms with van der Waals surface area (Å²) < 4.78 is 2.19. The first-order chi connectivity index (χ1) is 11.6. The van der Waals surface area contributed by atoms with E-state index in [-0.39, 0.29) is 18.4 Å². The number of hydrogen-bond donors (Lipinski definition) is 0. The Morgan fingerprint density at radius 3 is 2.71 bits per heavy atom. The van der Waals surface area contributed by atoms with Gasteiger partial charge in [0.15, 0.2) is 5.82 Å². The van der Waals surface area contributed by atoms with Gasteiger partial charge in [-0.25, -0.2) is 0 Å². The average Bonchev–Trinajstić information content (AvgIpc) is 3.26. The second-order valence-electron chi connectivity index (χ2n) is 6.48. The van der Waals surface area contributed by atoms with Crippen molar-refractivity contribution in [2.45, 2.75) is 51.6 Å². The van der Waals surface area contributed by atoms with Crippen molar-refractivity contribution < 1.29 is 9.59 Å². The summed E-state index contributed by atoms with van der Waals surface area (Å²) in [6, 6.07) is 0. The lowest BCUT2D eigenvalue weighted by atomic mass is 10.1. The van der Waals surface area contributed by atoms with Gasteiger partial charge in [-0.05, 0) is 25.8 Å². The third-order valence-electron chi connectivity index (χ3n) is 5.05. The Labute approximate surface area is 142 Å². The molecule has 0 unspecified atom stereocenters. The molecule has 2 heterocycles. The predicted molar refractivity (Wildman–Crippen MR) is 89.1 cm³/mol. The van der Waals surface area contributed by atoms with Gasteiger partial charge in [-0.2, -0.15) is 0 Å². The van der Waals surface area contributed by atoms with Crippen molar-refractivity contribution in [2.24, 2.45) is 0 Å². The zero-order valence-electron chi connectivity index (χ0n) is 14.3. The zero-order chi connectivity index (χ0) is 17.1. The van der Waals surface area contributed by atoms with Gasteiger partial charge in [-0.15, -0.1) is 10.2 Å². The van der Waals surface area contributed by atoms with E-state index in [1.165, 1.54) is 36.7 Å². The summed E-state index contributed by atoms with van der Waals surface area (Å²) in [5.41, 5.74) is 0. The fraction of sp³-hybridized carbons (Fsp3) is 0.647. The first kappa shape index (κ1) is 16.7. The van der Waals surface area contributed by atoms with Crippen LogP contribution in [0.25, 0.3) is 0 Å². The van der Waals surface area contributed by atoms with Crippen LogP contribution in [0.4, 0.5) is 0 Å². The molecule has 1 aromatic rings. The topological polar surface area (TPSA) is 71.3 Å². The number of likely N-dealkylation sites (N-methyl/N-ethyl adjacent to an activating group) is 1. The molecule has 2 amide bonds. The molecular formula is C17H25N5O2. The van der Waals surface area contributed by atoms with Crippen LogP contribution in [0.5, 0.6) is 0 Å². The standard InChI is InChI=1S/C17H25N5O2/c1-3-15(23)20(4-2)12-16(24)21-9-10-22-14(11-21)18-19-17(22)13-7-5-6-8-13/h3,13H,1,4-12H2,2H3. The molecule has 0 aromatic carbocycles. The normalized spacial score (nSPS) is 17.6. The third kappa shape index (κ3) is 3.20. The lowest BCUT2D eigenvalue weighted by molar-refractivity contribution is -0.139. The molecule has 1 saturated carbocycles. The van der Waals surface area contributed by atoms with E-state index in [0.29, 0.717) is 25.6 Å². The third-order valence-corrected chi connectivity index (χ3v) is 5.05. The van der Waals surface area contributed by atoms with E-state index >= 15 is 0 Å². The van der Waals surface area contributed by atoms with Gasteiger partial charge < -0.3 is 14.4 Å². The first-order valence-corrected chi connectivity index (χ1v) is 8.75. The fourth-order valence-electron chi connectivity index (χ4n) is 3.62. The molecule has 0 saturated heterocycles. The Bertz CT molecular complexity index is 633. The number of amides is 2. The van der Waals surface area contributed by atoms with E-state index in [0.717, 1.165) is 18.2 Å². The molecule has 7 nitrogen and oxygen atoms in total. The van der Waals surface area contributed by atoms with Crippen LogP contribution in [0.1, 0.15) is 50.2 Å². The van der Waals surface area contributed by atoms with Crippen molar-refractivity contribution in [3.05, 3.63) is 24.3 Å². The minimum Gasteiger partial charge on any atom is -0.332 e. The van der Waals surface area contributed by atoms with Gasteiger partial charge in [0.2, 0.25) is 11.8 Å². The predicted octanol–water partition coefficient (Wildman–Crippen LogP) is 1.31. The van der Waals surface area contributed by atoms with E-state index in [4.69, 9.17) is 0 Å². The van der Waals surface area contributed by atoms with Crippen LogP contribution in [0.2, 0.25) is 0 Å². The maximum absolute atomic E-state index is 12.5. The number of carbonyl (C=O) groups excluding carboxylic acids is 2. The lowest BCUT2D eigenvalue weighted by Gasteiger charge is -2.30. The van der Waals surface area contributed by atoms with Gasteiger partial charge >= 0.3 is 0 Å². The van der Waals surface area contributed by atoms with Crippen LogP contribution >= 0.6 is 0 Å². The molecule has 1 aromatic heterocycles. The molecule has 24 heavy (non-hydrogen) atoms. The molecule has 0 spiro atoms. The highest BCUT2D eigenvalue weighted by molar-refractivity contribution is 5.90. The van der Waals surface area contributed by atoms with Crippen LogP contribution in [0.15, 0.2) is 12.7 Å². The number of nitrogens with zero attached hydrogens (tertiary/aromatic N) is 5. The minimum atomic E-state index is -0.213. The summed E-state index contributed by atoms with van der Waals surface area (Å²) in [7, 11) is 0. The Morgan fingerprint density at radius 2 is 2.04 bits per heavy atom. The van der Waals surface area contributed by atoms with Crippen LogP contribution in [0.3, 0.4) is 0 Å². The van der Waals surface area contributed by atoms with E-state index in [2.05, 4.69) is 21.3 Å². The Morgan fingerprint density at radius 1 is 1.29 bits per heavy atom. The highest BCUT2D eigenvalue weighted by atomic mass is 16.2. The van der Waals surface area contributed by atoms with Gasteiger partial charge in [0.25, 0.3) is 0 Å². The molecule has 1 aliphatic carbocycles. The molecule has 3 rings (SSSR count). The Balaban J connectivity index is 1.65. The number of aromatic nitrogens is 3. The number of carbonyl (C=O) groups is 2. The minimum absolute atomic E-state index is 0.0521. The van der Waals surface area contributed by atoms with Gasteiger partial charge in [0, 0.05) is 25.6 Å². The molecule has 2 aliphatic rings. The number of hydrogen-bond acceptors (Lipinski definition) is 4. The van der Waals surface area contributed by atoms with Gasteiger partial charge in [-0.1, -0.05) is 19.4 Å². The van der Waals surface area contributed by atoms with Crippen molar-refractivity contribution in [3.8, 4) is 0 Å². The fourth-order valence-corrected chi connectivity index (χ4v) is 3.62. The van der Waals surface area contributed by atoms with E-state index in [9.17, 15) is 9.59 Å². The summed E-state index contributed by atoms with van der Waals surface area (Å²) in [5.74, 6) is 2.20. The summed E-state index contributed by atoms with van der Waals surface area (Å²) in [6.07, 6.45) is 6.16. The van der Waals surface area contributed by atoms with E-state index < -0.39 is 0 Å². The number of rotatable bonds is 5. The van der Waals surface area contributed by atoms with Crippen molar-refractivity contribution in [3.63, 3.8) is 0 Å². The smallest absolute Gasteiger partial charge is 0.246 e. The molecule has 7 heteroatoms. The lowest BCUT2D eigenvalue weighted by Crippen LogP contribution is -2.45. The van der Waals surface area contributed by atoms with Crippen molar-refractivity contribution in [2.75, 3.05) is 19.6 Å². The molecule has 1 aliphatic heterocycles. The second-order valence-corrected chi connectivity index (χ2v) is 6.48. The van der Waals surface area contributed by atoms with Crippen molar-refractivity contribution >= 4 is 11.8 Å². The monoisotopic (exact) mass is 331 g/mol. The molecule has 0 atom stereocenters. The maximum atomic E-state index is 12.5. The Kier molecular flexibility index (Phi) is 4.97. The van der Waals surface area contributed by atoms with Crippen LogP contribution < -0.4 is 0 Å². The Hall–Kier alpha value is -2.18. The number of fused-ring (bicyclic) bond motifs is 1. The molecular weight excluding hydrogens is 306 g/mol. The molecule has 1 fully saturated rings. The van der Waals surface area contributed by atoms with Crippen molar-refractivity contribution in [1.82, 2.24) is 24.6 Å². The van der Waals surface area contributed by atoms with Crippen LogP contribution in [-0.2, 0) is 22.7 Å². The first-order valence-electron chi connectivity index (χ1n) is 8.75. The molecule has 0 radical (unpaired) electrons. The van der Waals surface area contributed by atoms with Gasteiger partial charge in [-0.3, -0.25) is 9.59 Å². The highest BCUT2D eigenvalue weighted by Crippen LogP contribution is 2.33. The maximum Gasteiger partial charge on any atom is 0.246 e. The molecule has 130 valence electrons. The van der Waals surface area contributed by atoms with E-state index in [1.807, 2.05) is 6.92 Å². The molecule has 0 bridgehead atoms. The summed E-state index contributed by atoms with van der Waals surface area (Å²) in [5, 5.41) is 8.70. The summed E-state index contributed by atoms with van der Waals surface area (Å²) in [4.78, 5) is 27.5. The second kappa shape index (κ2) is 7.15. The van der Waals surface area contributed by atoms with Crippen LogP contribution in [0, 0.1) is 0 Å². The summed E-state index contributed by atoms with van der Waals surface area (Å²) in [6.45, 7) is 7.77. The SMILES string of the molecule is C=CC(=O)N(CC)CC(=O)N1CCn2c(nnc2C2CCCC2)C1. The van der Waals surface area contributed by atoms with Crippen molar-refractivity contribution in [1.29, 1.82) is 0 Å². The largest absolute Gasteiger partial charge is 0.332 e. The highest BCUT2D eigenvalue weighted by Gasteiger charge is 2.29. The van der Waals surface area contributed by atoms with E-state index in [1.54, 1.807) is 4.90 Å². The zero-order valence-corrected chi connectivity index (χ0v) is 14.3. The average molecular weight is 331 g/mol. The van der Waals surface area contributed by atoms with Gasteiger partial charge in [0.1, 0.15) is 12.4 Å². The summed E-state index contributed by atoms with van der Waals surface area (Å²) >= 11 is 0. The molecule has 0 N–H and O–H groups in total.